The molecule has 0 spiro atoms. The Morgan fingerprint density at radius 1 is 1.24 bits per heavy atom. The average molecular weight is 307 g/mol. The molecule has 1 aliphatic carbocycles. The predicted octanol–water partition coefficient (Wildman–Crippen LogP) is 4.51. The van der Waals surface area contributed by atoms with Crippen LogP contribution in [0.25, 0.3) is 0 Å². The highest BCUT2D eigenvalue weighted by Gasteiger charge is 2.21. The number of hydrogen-bond donors (Lipinski definition) is 2. The van der Waals surface area contributed by atoms with Gasteiger partial charge >= 0.3 is 0 Å². The van der Waals surface area contributed by atoms with Crippen molar-refractivity contribution in [1.29, 1.82) is 5.26 Å². The number of nitrogens with two attached hydrogens (primary N) is 1. The average Bonchev–Trinajstić information content (AvgIpc) is 2.69. The summed E-state index contributed by atoms with van der Waals surface area (Å²) >= 11 is 1.41. The molecule has 0 bridgehead atoms. The van der Waals surface area contributed by atoms with E-state index < -0.39 is 0 Å². The Morgan fingerprint density at radius 2 is 1.86 bits per heavy atom. The molecule has 1 saturated carbocycles. The quantitative estimate of drug-likeness (QED) is 0.858. The number of rotatable bonds is 4. The molecule has 116 valence electrons. The number of hydrogen-bond acceptors (Lipinski definition) is 5. The molecular weight excluding hydrogens is 282 g/mol. The van der Waals surface area contributed by atoms with Gasteiger partial charge in [0.25, 0.3) is 0 Å². The first-order valence-electron chi connectivity index (χ1n) is 7.87. The molecule has 0 aliphatic heterocycles. The summed E-state index contributed by atoms with van der Waals surface area (Å²) in [5.41, 5.74) is 6.52. The molecule has 0 saturated heterocycles. The van der Waals surface area contributed by atoms with Crippen LogP contribution in [0.4, 0.5) is 10.7 Å². The van der Waals surface area contributed by atoms with Crippen molar-refractivity contribution in [1.82, 2.24) is 0 Å². The lowest BCUT2D eigenvalue weighted by Gasteiger charge is -2.22. The molecule has 1 aromatic rings. The smallest absolute Gasteiger partial charge is 0.178 e. The maximum Gasteiger partial charge on any atom is 0.178 e. The lowest BCUT2D eigenvalue weighted by atomic mass is 9.97. The van der Waals surface area contributed by atoms with Gasteiger partial charge in [-0.15, -0.1) is 11.3 Å². The van der Waals surface area contributed by atoms with Crippen LogP contribution in [0.2, 0.25) is 0 Å². The number of nitrogen functional groups attached to an aromatic ring is 1. The summed E-state index contributed by atoms with van der Waals surface area (Å²) < 4.78 is 5.83. The van der Waals surface area contributed by atoms with Crippen molar-refractivity contribution in [2.75, 3.05) is 11.1 Å². The Balaban J connectivity index is 2.15. The molecule has 0 atom stereocenters. The SMILES string of the molecule is CC(C)Oc1c(NC2CCCCCCC2)sc(C#N)c1N. The van der Waals surface area contributed by atoms with Gasteiger partial charge in [0.1, 0.15) is 21.6 Å². The van der Waals surface area contributed by atoms with Crippen LogP contribution < -0.4 is 15.8 Å². The summed E-state index contributed by atoms with van der Waals surface area (Å²) in [5.74, 6) is 0.661. The predicted molar refractivity (Wildman–Crippen MR) is 88.9 cm³/mol. The van der Waals surface area contributed by atoms with Gasteiger partial charge in [0.05, 0.1) is 6.10 Å². The van der Waals surface area contributed by atoms with Gasteiger partial charge in [-0.1, -0.05) is 32.1 Å². The number of thiophene rings is 1. The minimum Gasteiger partial charge on any atom is -0.486 e. The Labute approximate surface area is 131 Å². The number of anilines is 2. The van der Waals surface area contributed by atoms with E-state index in [1.165, 1.54) is 56.3 Å². The van der Waals surface area contributed by atoms with Crippen LogP contribution in [0.15, 0.2) is 0 Å². The van der Waals surface area contributed by atoms with E-state index >= 15 is 0 Å². The molecule has 4 nitrogen and oxygen atoms in total. The van der Waals surface area contributed by atoms with Crippen LogP contribution in [0.5, 0.6) is 5.75 Å². The van der Waals surface area contributed by atoms with Crippen molar-refractivity contribution in [2.45, 2.75) is 70.9 Å². The van der Waals surface area contributed by atoms with Gasteiger partial charge in [-0.2, -0.15) is 5.26 Å². The zero-order valence-electron chi connectivity index (χ0n) is 12.9. The molecule has 1 fully saturated rings. The number of nitrogens with one attached hydrogen (secondary N) is 1. The summed E-state index contributed by atoms with van der Waals surface area (Å²) in [4.78, 5) is 0.541. The number of nitrogens with zero attached hydrogens (tertiary/aromatic N) is 1. The second-order valence-corrected chi connectivity index (χ2v) is 6.99. The summed E-state index contributed by atoms with van der Waals surface area (Å²) in [6.45, 7) is 3.95. The number of nitriles is 1. The molecule has 21 heavy (non-hydrogen) atoms. The molecule has 1 heterocycles. The summed E-state index contributed by atoms with van der Waals surface area (Å²) in [6, 6.07) is 2.62. The van der Waals surface area contributed by atoms with E-state index in [-0.39, 0.29) is 6.10 Å². The van der Waals surface area contributed by atoms with Crippen molar-refractivity contribution in [3.63, 3.8) is 0 Å². The van der Waals surface area contributed by atoms with Gasteiger partial charge in [-0.05, 0) is 26.7 Å². The molecule has 0 amide bonds. The van der Waals surface area contributed by atoms with Crippen molar-refractivity contribution >= 4 is 22.0 Å². The van der Waals surface area contributed by atoms with Crippen LogP contribution in [0.3, 0.4) is 0 Å². The summed E-state index contributed by atoms with van der Waals surface area (Å²) in [7, 11) is 0. The van der Waals surface area contributed by atoms with E-state index in [1.54, 1.807) is 0 Å². The highest BCUT2D eigenvalue weighted by molar-refractivity contribution is 7.17. The first-order chi connectivity index (χ1) is 10.1. The van der Waals surface area contributed by atoms with Crippen molar-refractivity contribution in [2.24, 2.45) is 0 Å². The Kier molecular flexibility index (Phi) is 5.75. The first kappa shape index (κ1) is 16.0. The number of ether oxygens (including phenoxy) is 1. The van der Waals surface area contributed by atoms with Gasteiger partial charge in [0.2, 0.25) is 0 Å². The molecule has 1 aliphatic rings. The monoisotopic (exact) mass is 307 g/mol. The van der Waals surface area contributed by atoms with Crippen molar-refractivity contribution in [3.8, 4) is 11.8 Å². The Morgan fingerprint density at radius 3 is 2.43 bits per heavy atom. The van der Waals surface area contributed by atoms with Crippen LogP contribution >= 0.6 is 11.3 Å². The third-order valence-electron chi connectivity index (χ3n) is 3.80. The van der Waals surface area contributed by atoms with E-state index in [2.05, 4.69) is 11.4 Å². The van der Waals surface area contributed by atoms with E-state index in [0.29, 0.717) is 22.4 Å². The molecule has 0 aromatic carbocycles. The van der Waals surface area contributed by atoms with E-state index in [1.807, 2.05) is 13.8 Å². The standard InChI is InChI=1S/C16H25N3OS/c1-11(2)20-15-14(18)13(10-17)21-16(15)19-12-8-6-4-3-5-7-9-12/h11-12,19H,3-9,18H2,1-2H3. The second-order valence-electron chi connectivity index (χ2n) is 5.97. The minimum absolute atomic E-state index is 0.0475. The van der Waals surface area contributed by atoms with Gasteiger partial charge in [-0.25, -0.2) is 0 Å². The maximum atomic E-state index is 9.18. The van der Waals surface area contributed by atoms with Gasteiger partial charge in [0, 0.05) is 6.04 Å². The Hall–Kier alpha value is -1.41. The largest absolute Gasteiger partial charge is 0.486 e. The highest BCUT2D eigenvalue weighted by Crippen LogP contribution is 2.43. The zero-order chi connectivity index (χ0) is 15.2. The molecule has 1 aromatic heterocycles. The maximum absolute atomic E-state index is 9.18. The van der Waals surface area contributed by atoms with Gasteiger partial charge in [0.15, 0.2) is 5.75 Å². The molecule has 0 unspecified atom stereocenters. The van der Waals surface area contributed by atoms with Crippen LogP contribution in [-0.4, -0.2) is 12.1 Å². The normalized spacial score (nSPS) is 17.0. The molecule has 3 N–H and O–H groups in total. The third kappa shape index (κ3) is 4.28. The van der Waals surface area contributed by atoms with Crippen molar-refractivity contribution < 1.29 is 4.74 Å². The first-order valence-corrected chi connectivity index (χ1v) is 8.69. The molecule has 2 rings (SSSR count). The fraction of sp³-hybridized carbons (Fsp3) is 0.688. The molecule has 0 radical (unpaired) electrons. The van der Waals surface area contributed by atoms with E-state index in [4.69, 9.17) is 10.5 Å². The van der Waals surface area contributed by atoms with Crippen LogP contribution in [0.1, 0.15) is 63.7 Å². The summed E-state index contributed by atoms with van der Waals surface area (Å²) in [5, 5.41) is 13.7. The molecule has 5 heteroatoms. The van der Waals surface area contributed by atoms with Gasteiger partial charge in [-0.3, -0.25) is 0 Å². The topological polar surface area (TPSA) is 71.1 Å². The van der Waals surface area contributed by atoms with Crippen LogP contribution in [0, 0.1) is 11.3 Å². The molecular formula is C16H25N3OS. The minimum atomic E-state index is 0.0475. The van der Waals surface area contributed by atoms with E-state index in [0.717, 1.165) is 5.00 Å². The summed E-state index contributed by atoms with van der Waals surface area (Å²) in [6.07, 6.45) is 8.95. The van der Waals surface area contributed by atoms with Gasteiger partial charge < -0.3 is 15.8 Å². The van der Waals surface area contributed by atoms with Crippen molar-refractivity contribution in [3.05, 3.63) is 4.88 Å². The Bertz CT molecular complexity index is 496. The lowest BCUT2D eigenvalue weighted by molar-refractivity contribution is 0.245. The fourth-order valence-corrected chi connectivity index (χ4v) is 3.67. The highest BCUT2D eigenvalue weighted by atomic mass is 32.1. The lowest BCUT2D eigenvalue weighted by Crippen LogP contribution is -2.20. The zero-order valence-corrected chi connectivity index (χ0v) is 13.8. The van der Waals surface area contributed by atoms with E-state index in [9.17, 15) is 5.26 Å². The van der Waals surface area contributed by atoms with Crippen LogP contribution in [-0.2, 0) is 0 Å². The third-order valence-corrected chi connectivity index (χ3v) is 4.82. The second kappa shape index (κ2) is 7.56. The fourth-order valence-electron chi connectivity index (χ4n) is 2.75.